The van der Waals surface area contributed by atoms with E-state index in [1.54, 1.807) is 13.2 Å². The average Bonchev–Trinajstić information content (AvgIpc) is 2.64. The van der Waals surface area contributed by atoms with Crippen LogP contribution in [0.25, 0.3) is 0 Å². The van der Waals surface area contributed by atoms with Gasteiger partial charge in [0.1, 0.15) is 11.5 Å². The molecule has 8 nitrogen and oxygen atoms in total. The van der Waals surface area contributed by atoms with Crippen LogP contribution in [0.2, 0.25) is 0 Å². The van der Waals surface area contributed by atoms with Crippen LogP contribution in [0, 0.1) is 10.1 Å². The van der Waals surface area contributed by atoms with Gasteiger partial charge in [0.2, 0.25) is 0 Å². The molecule has 0 saturated carbocycles. The second kappa shape index (κ2) is 8.53. The lowest BCUT2D eigenvalue weighted by atomic mass is 10.2. The molecule has 0 spiro atoms. The Bertz CT molecular complexity index is 763. The molecular weight excluding hydrogens is 328 g/mol. The number of hydrogen-bond donors (Lipinski definition) is 1. The first-order chi connectivity index (χ1) is 12.0. The predicted molar refractivity (Wildman–Crippen MR) is 90.0 cm³/mol. The third-order valence-corrected chi connectivity index (χ3v) is 3.39. The minimum absolute atomic E-state index is 0.00163. The van der Waals surface area contributed by atoms with Crippen LogP contribution in [0.15, 0.2) is 42.5 Å². The van der Waals surface area contributed by atoms with Crippen molar-refractivity contribution in [2.75, 3.05) is 20.8 Å². The fourth-order valence-electron chi connectivity index (χ4n) is 2.13. The van der Waals surface area contributed by atoms with E-state index in [0.717, 1.165) is 5.56 Å². The SMILES string of the molecule is COc1ccc(OCC(=O)NCc2ccccc2OC)c([N+](=O)[O-])c1. The van der Waals surface area contributed by atoms with Crippen molar-refractivity contribution in [1.29, 1.82) is 0 Å². The van der Waals surface area contributed by atoms with Crippen molar-refractivity contribution in [3.63, 3.8) is 0 Å². The molecule has 2 aromatic carbocycles. The van der Waals surface area contributed by atoms with Crippen molar-refractivity contribution < 1.29 is 23.9 Å². The molecule has 0 saturated heterocycles. The van der Waals surface area contributed by atoms with Crippen LogP contribution >= 0.6 is 0 Å². The van der Waals surface area contributed by atoms with Crippen LogP contribution in [0.3, 0.4) is 0 Å². The Morgan fingerprint density at radius 1 is 1.12 bits per heavy atom. The molecule has 0 bridgehead atoms. The van der Waals surface area contributed by atoms with E-state index < -0.39 is 10.8 Å². The van der Waals surface area contributed by atoms with Crippen molar-refractivity contribution in [2.45, 2.75) is 6.54 Å². The first-order valence-corrected chi connectivity index (χ1v) is 7.39. The van der Waals surface area contributed by atoms with Gasteiger partial charge in [-0.15, -0.1) is 0 Å². The highest BCUT2D eigenvalue weighted by Gasteiger charge is 2.17. The summed E-state index contributed by atoms with van der Waals surface area (Å²) in [5.41, 5.74) is 0.547. The van der Waals surface area contributed by atoms with E-state index in [2.05, 4.69) is 5.32 Å². The number of carbonyl (C=O) groups excluding carboxylic acids is 1. The van der Waals surface area contributed by atoms with Crippen molar-refractivity contribution in [1.82, 2.24) is 5.32 Å². The molecule has 1 N–H and O–H groups in total. The Morgan fingerprint density at radius 3 is 2.56 bits per heavy atom. The number of amides is 1. The number of nitrogens with one attached hydrogen (secondary N) is 1. The topological polar surface area (TPSA) is 99.9 Å². The number of methoxy groups -OCH3 is 2. The maximum atomic E-state index is 11.9. The fourth-order valence-corrected chi connectivity index (χ4v) is 2.13. The Balaban J connectivity index is 1.95. The van der Waals surface area contributed by atoms with Gasteiger partial charge in [0.05, 0.1) is 25.2 Å². The highest BCUT2D eigenvalue weighted by atomic mass is 16.6. The first kappa shape index (κ1) is 18.1. The van der Waals surface area contributed by atoms with E-state index >= 15 is 0 Å². The number of nitro benzene ring substituents is 1. The first-order valence-electron chi connectivity index (χ1n) is 7.39. The zero-order valence-corrected chi connectivity index (χ0v) is 13.9. The van der Waals surface area contributed by atoms with E-state index in [-0.39, 0.29) is 24.6 Å². The summed E-state index contributed by atoms with van der Waals surface area (Å²) in [7, 11) is 2.96. The van der Waals surface area contributed by atoms with Crippen LogP contribution in [0.1, 0.15) is 5.56 Å². The van der Waals surface area contributed by atoms with E-state index in [4.69, 9.17) is 14.2 Å². The predicted octanol–water partition coefficient (Wildman–Crippen LogP) is 2.31. The van der Waals surface area contributed by atoms with E-state index in [1.165, 1.54) is 25.3 Å². The van der Waals surface area contributed by atoms with Crippen molar-refractivity contribution in [3.8, 4) is 17.2 Å². The van der Waals surface area contributed by atoms with Crippen LogP contribution in [0.5, 0.6) is 17.2 Å². The van der Waals surface area contributed by atoms with E-state index in [1.807, 2.05) is 18.2 Å². The largest absolute Gasteiger partial charge is 0.496 e. The number of carbonyl (C=O) groups is 1. The summed E-state index contributed by atoms with van der Waals surface area (Å²) >= 11 is 0. The second-order valence-electron chi connectivity index (χ2n) is 4.97. The number of hydrogen-bond acceptors (Lipinski definition) is 6. The summed E-state index contributed by atoms with van der Waals surface area (Å²) < 4.78 is 15.4. The van der Waals surface area contributed by atoms with Crippen LogP contribution in [0.4, 0.5) is 5.69 Å². The highest BCUT2D eigenvalue weighted by Crippen LogP contribution is 2.30. The van der Waals surface area contributed by atoms with Gasteiger partial charge in [-0.05, 0) is 18.2 Å². The number of rotatable bonds is 8. The highest BCUT2D eigenvalue weighted by molar-refractivity contribution is 5.77. The van der Waals surface area contributed by atoms with Crippen LogP contribution < -0.4 is 19.5 Å². The molecule has 8 heteroatoms. The second-order valence-corrected chi connectivity index (χ2v) is 4.97. The summed E-state index contributed by atoms with van der Waals surface area (Å²) in [5, 5.41) is 13.7. The van der Waals surface area contributed by atoms with Crippen molar-refractivity contribution in [2.24, 2.45) is 0 Å². The number of nitrogens with zero attached hydrogens (tertiary/aromatic N) is 1. The van der Waals surface area contributed by atoms with Crippen molar-refractivity contribution in [3.05, 3.63) is 58.1 Å². The summed E-state index contributed by atoms with van der Waals surface area (Å²) in [4.78, 5) is 22.4. The Morgan fingerprint density at radius 2 is 1.88 bits per heavy atom. The minimum Gasteiger partial charge on any atom is -0.496 e. The maximum Gasteiger partial charge on any atom is 0.314 e. The third-order valence-electron chi connectivity index (χ3n) is 3.39. The average molecular weight is 346 g/mol. The van der Waals surface area contributed by atoms with E-state index in [9.17, 15) is 14.9 Å². The molecule has 0 aromatic heterocycles. The van der Waals surface area contributed by atoms with Crippen LogP contribution in [-0.2, 0) is 11.3 Å². The molecule has 2 aromatic rings. The molecule has 0 radical (unpaired) electrons. The Hall–Kier alpha value is -3.29. The zero-order chi connectivity index (χ0) is 18.2. The fraction of sp³-hybridized carbons (Fsp3) is 0.235. The lowest BCUT2D eigenvalue weighted by Crippen LogP contribution is -2.28. The molecule has 0 aliphatic rings. The maximum absolute atomic E-state index is 11.9. The Labute approximate surface area is 144 Å². The number of para-hydroxylation sites is 1. The summed E-state index contributed by atoms with van der Waals surface area (Å²) in [6, 6.07) is 11.4. The Kier molecular flexibility index (Phi) is 6.16. The van der Waals surface area contributed by atoms with Gasteiger partial charge in [-0.3, -0.25) is 14.9 Å². The van der Waals surface area contributed by atoms with Gasteiger partial charge in [-0.2, -0.15) is 0 Å². The molecule has 0 fully saturated rings. The van der Waals surface area contributed by atoms with Gasteiger partial charge in [-0.1, -0.05) is 18.2 Å². The van der Waals surface area contributed by atoms with Gasteiger partial charge in [0.25, 0.3) is 5.91 Å². The summed E-state index contributed by atoms with van der Waals surface area (Å²) in [5.74, 6) is 0.587. The molecule has 132 valence electrons. The smallest absolute Gasteiger partial charge is 0.314 e. The number of benzene rings is 2. The molecule has 0 heterocycles. The quantitative estimate of drug-likeness (QED) is 0.581. The molecule has 2 rings (SSSR count). The molecule has 0 aliphatic carbocycles. The molecule has 0 unspecified atom stereocenters. The van der Waals surface area contributed by atoms with Gasteiger partial charge in [0, 0.05) is 12.1 Å². The minimum atomic E-state index is -0.593. The molecule has 25 heavy (non-hydrogen) atoms. The molecule has 0 aliphatic heterocycles. The van der Waals surface area contributed by atoms with Gasteiger partial charge in [0.15, 0.2) is 12.4 Å². The van der Waals surface area contributed by atoms with Gasteiger partial charge in [-0.25, -0.2) is 0 Å². The van der Waals surface area contributed by atoms with Gasteiger partial charge < -0.3 is 19.5 Å². The third kappa shape index (κ3) is 4.84. The summed E-state index contributed by atoms with van der Waals surface area (Å²) in [6.45, 7) is -0.0841. The van der Waals surface area contributed by atoms with Crippen molar-refractivity contribution >= 4 is 11.6 Å². The monoisotopic (exact) mass is 346 g/mol. The number of ether oxygens (including phenoxy) is 3. The number of nitro groups is 1. The lowest BCUT2D eigenvalue weighted by Gasteiger charge is -2.10. The molecule has 0 atom stereocenters. The van der Waals surface area contributed by atoms with Gasteiger partial charge >= 0.3 is 5.69 Å². The standard InChI is InChI=1S/C17H18N2O6/c1-23-13-7-8-16(14(9-13)19(21)22)25-11-17(20)18-10-12-5-3-4-6-15(12)24-2/h3-9H,10-11H2,1-2H3,(H,18,20). The summed E-state index contributed by atoms with van der Waals surface area (Å²) in [6.07, 6.45) is 0. The van der Waals surface area contributed by atoms with Crippen LogP contribution in [-0.4, -0.2) is 31.7 Å². The van der Waals surface area contributed by atoms with E-state index in [0.29, 0.717) is 11.5 Å². The molecule has 1 amide bonds. The normalized spacial score (nSPS) is 10.0. The zero-order valence-electron chi connectivity index (χ0n) is 13.9. The molecular formula is C17H18N2O6. The lowest BCUT2D eigenvalue weighted by molar-refractivity contribution is -0.385.